The van der Waals surface area contributed by atoms with Gasteiger partial charge in [-0.05, 0) is 75.9 Å². The first-order chi connectivity index (χ1) is 22.2. The van der Waals surface area contributed by atoms with Crippen molar-refractivity contribution in [3.05, 3.63) is 127 Å². The van der Waals surface area contributed by atoms with Gasteiger partial charge in [-0.1, -0.05) is 51.3 Å². The van der Waals surface area contributed by atoms with Crippen molar-refractivity contribution in [2.75, 3.05) is 22.9 Å². The SMILES string of the molecule is Brc1ccncc1.CC(C)[OH+]c1ccc([N+](=O)[O-])cc1[CH]=[Ru]([Cl])[Cl].Cc1cc(C)c(N2[CH-]N(c3c(C)cc(C)cc3C)CC2)c(C)c1. The van der Waals surface area contributed by atoms with E-state index >= 15 is 0 Å². The molecule has 1 aromatic heterocycles. The van der Waals surface area contributed by atoms with Gasteiger partial charge in [-0.25, -0.2) is 0 Å². The van der Waals surface area contributed by atoms with Gasteiger partial charge in [0.2, 0.25) is 0 Å². The molecule has 0 atom stereocenters. The number of aromatic hydroxyl groups is 1. The fourth-order valence-electron chi connectivity index (χ4n) is 5.64. The van der Waals surface area contributed by atoms with E-state index in [1.165, 1.54) is 56.9 Å². The number of halogens is 3. The molecule has 0 saturated carbocycles. The van der Waals surface area contributed by atoms with Gasteiger partial charge in [0, 0.05) is 41.3 Å². The number of ether oxygens (including phenoxy) is 1. The zero-order valence-corrected chi connectivity index (χ0v) is 32.9. The number of aryl methyl sites for hydroxylation is 6. The van der Waals surface area contributed by atoms with Gasteiger partial charge >= 0.3 is 112 Å². The van der Waals surface area contributed by atoms with Crippen LogP contribution < -0.4 is 9.80 Å². The molecule has 5 rings (SSSR count). The number of aliphatic hydroxyl groups is 1. The van der Waals surface area contributed by atoms with E-state index < -0.39 is 18.4 Å². The fraction of sp³-hybridized carbons (Fsp3) is 0.306. The number of nitrogens with zero attached hydrogens (tertiary/aromatic N) is 4. The predicted octanol–water partition coefficient (Wildman–Crippen LogP) is 10.1. The summed E-state index contributed by atoms with van der Waals surface area (Å²) in [5, 5.41) is 10.7. The van der Waals surface area contributed by atoms with Crippen molar-refractivity contribution in [3.8, 4) is 5.75 Å². The molecule has 0 amide bonds. The van der Waals surface area contributed by atoms with Crippen LogP contribution in [0, 0.1) is 58.3 Å². The van der Waals surface area contributed by atoms with E-state index in [1.54, 1.807) is 23.1 Å². The van der Waals surface area contributed by atoms with E-state index in [2.05, 4.69) is 108 Å². The van der Waals surface area contributed by atoms with Crippen molar-refractivity contribution >= 4 is 57.0 Å². The molecule has 11 heteroatoms. The third-order valence-corrected chi connectivity index (χ3v) is 9.51. The normalized spacial score (nSPS) is 12.6. The number of anilines is 2. The molecule has 7 nitrogen and oxygen atoms in total. The minimum absolute atomic E-state index is 0.0164. The molecule has 2 heterocycles. The standard InChI is InChI=1S/C21H27N2.C10H11NO3.C5H4BrN.2ClH.Ru/c1-14-9-16(3)20(17(4)10-14)22-7-8-23(13-22)21-18(5)11-15(2)12-19(21)6;1-7(2)14-10-5-4-9(11(12)13)6-8(10)3;6-5-1-3-7-4-2-5;;;/h9-13H,7-8H2,1-6H3;3-7H,1-2H3;1-4H;2*1H;/q-1;;;;;+2/p-1. The zero-order chi connectivity index (χ0) is 34.8. The summed E-state index contributed by atoms with van der Waals surface area (Å²) in [6.07, 6.45) is 3.59. The van der Waals surface area contributed by atoms with Gasteiger partial charge in [-0.3, -0.25) is 4.98 Å². The van der Waals surface area contributed by atoms with Gasteiger partial charge in [0.1, 0.15) is 0 Å². The number of pyridine rings is 1. The Kier molecular flexibility index (Phi) is 14.8. The molecular weight excluding hydrogens is 788 g/mol. The Morgan fingerprint density at radius 1 is 0.872 bits per heavy atom. The number of rotatable bonds is 6. The molecule has 4 aromatic rings. The van der Waals surface area contributed by atoms with E-state index in [0.29, 0.717) is 11.3 Å². The van der Waals surface area contributed by atoms with Gasteiger partial charge in [-0.2, -0.15) is 6.67 Å². The van der Waals surface area contributed by atoms with Gasteiger partial charge in [0.15, 0.2) is 0 Å². The van der Waals surface area contributed by atoms with Gasteiger partial charge in [0.05, 0.1) is 0 Å². The summed E-state index contributed by atoms with van der Waals surface area (Å²) < 4.78 is 7.10. The van der Waals surface area contributed by atoms with Crippen molar-refractivity contribution in [1.82, 2.24) is 4.98 Å². The molecule has 1 aliphatic rings. The first-order valence-corrected chi connectivity index (χ1v) is 21.4. The summed E-state index contributed by atoms with van der Waals surface area (Å²) in [7, 11) is 11.6. The molecule has 0 unspecified atom stereocenters. The number of hydrogen-bond donors (Lipinski definition) is 0. The third kappa shape index (κ3) is 11.7. The van der Waals surface area contributed by atoms with Crippen LogP contribution in [-0.4, -0.2) is 38.4 Å². The van der Waals surface area contributed by atoms with Crippen molar-refractivity contribution in [2.45, 2.75) is 61.5 Å². The molecule has 3 aromatic carbocycles. The number of benzene rings is 3. The number of nitro benzene ring substituents is 1. The van der Waals surface area contributed by atoms with Crippen LogP contribution in [0.3, 0.4) is 0 Å². The van der Waals surface area contributed by atoms with E-state index in [9.17, 15) is 10.1 Å². The van der Waals surface area contributed by atoms with Gasteiger partial charge in [0.25, 0.3) is 0 Å². The molecule has 1 fully saturated rings. The van der Waals surface area contributed by atoms with Crippen LogP contribution in [0.5, 0.6) is 5.75 Å². The Morgan fingerprint density at radius 3 is 1.70 bits per heavy atom. The molecule has 0 radical (unpaired) electrons. The average molecular weight is 832 g/mol. The average Bonchev–Trinajstić information content (AvgIpc) is 3.42. The largest absolute Gasteiger partial charge is 0.502 e. The molecule has 47 heavy (non-hydrogen) atoms. The molecule has 0 bridgehead atoms. The van der Waals surface area contributed by atoms with Crippen LogP contribution in [0.2, 0.25) is 0 Å². The van der Waals surface area contributed by atoms with E-state index in [1.807, 2.05) is 26.0 Å². The van der Waals surface area contributed by atoms with Crippen LogP contribution in [0.15, 0.2) is 71.5 Å². The molecular formula is C36H43BrCl2N4O3Ru. The maximum atomic E-state index is 10.7. The first kappa shape index (κ1) is 38.6. The Labute approximate surface area is 300 Å². The van der Waals surface area contributed by atoms with Crippen molar-refractivity contribution in [2.24, 2.45) is 0 Å². The van der Waals surface area contributed by atoms with Crippen molar-refractivity contribution in [3.63, 3.8) is 0 Å². The van der Waals surface area contributed by atoms with Crippen LogP contribution in [0.4, 0.5) is 17.1 Å². The zero-order valence-electron chi connectivity index (χ0n) is 28.0. The Hall–Kier alpha value is -2.84. The Bertz CT molecular complexity index is 1610. The maximum absolute atomic E-state index is 10.7. The molecule has 1 aliphatic heterocycles. The summed E-state index contributed by atoms with van der Waals surface area (Å²) >= 11 is 1.25. The Balaban J connectivity index is 0.000000218. The molecule has 0 aliphatic carbocycles. The number of aromatic nitrogens is 1. The van der Waals surface area contributed by atoms with E-state index in [0.717, 1.165) is 17.6 Å². The van der Waals surface area contributed by atoms with Gasteiger partial charge in [-0.15, -0.1) is 0 Å². The second-order valence-corrected chi connectivity index (χ2v) is 18.3. The second-order valence-electron chi connectivity index (χ2n) is 11.7. The predicted molar refractivity (Wildman–Crippen MR) is 199 cm³/mol. The second kappa shape index (κ2) is 18.1. The number of nitro groups is 1. The molecule has 0 spiro atoms. The van der Waals surface area contributed by atoms with E-state index in [4.69, 9.17) is 19.4 Å². The molecule has 1 saturated heterocycles. The molecule has 1 N–H and O–H groups in total. The van der Waals surface area contributed by atoms with Crippen molar-refractivity contribution in [1.29, 1.82) is 0 Å². The van der Waals surface area contributed by atoms with Crippen LogP contribution in [-0.2, 0) is 13.5 Å². The summed E-state index contributed by atoms with van der Waals surface area (Å²) in [6.45, 7) is 21.4. The summed E-state index contributed by atoms with van der Waals surface area (Å²) in [6, 6.07) is 17.4. The smallest absolute Gasteiger partial charge is 0.0146 e. The Morgan fingerprint density at radius 2 is 1.34 bits per heavy atom. The summed E-state index contributed by atoms with van der Waals surface area (Å²) in [5.74, 6) is 0.686. The number of hydrogen-bond acceptors (Lipinski definition) is 5. The number of non-ortho nitro benzene ring substituents is 1. The quantitative estimate of drug-likeness (QED) is 0.0636. The van der Waals surface area contributed by atoms with E-state index in [-0.39, 0.29) is 11.8 Å². The van der Waals surface area contributed by atoms with Crippen LogP contribution in [0.1, 0.15) is 52.8 Å². The minimum Gasteiger partial charge on any atom is -0.502 e. The maximum Gasteiger partial charge on any atom is 0.0146 e. The fourth-order valence-corrected chi connectivity index (χ4v) is 7.67. The van der Waals surface area contributed by atoms with Crippen LogP contribution >= 0.6 is 35.3 Å². The topological polar surface area (TPSA) is 75.3 Å². The summed E-state index contributed by atoms with van der Waals surface area (Å²) in [5.41, 5.74) is 11.5. The van der Waals surface area contributed by atoms with Crippen LogP contribution in [0.25, 0.3) is 0 Å². The first-order valence-electron chi connectivity index (χ1n) is 15.1. The monoisotopic (exact) mass is 830 g/mol. The molecule has 254 valence electrons. The van der Waals surface area contributed by atoms with Gasteiger partial charge < -0.3 is 9.80 Å². The summed E-state index contributed by atoms with van der Waals surface area (Å²) in [4.78, 5) is 18.9. The van der Waals surface area contributed by atoms with Crippen molar-refractivity contribution < 1.29 is 23.2 Å². The third-order valence-electron chi connectivity index (χ3n) is 7.15. The minimum atomic E-state index is -2.03.